The van der Waals surface area contributed by atoms with Crippen molar-refractivity contribution in [1.29, 1.82) is 0 Å². The first kappa shape index (κ1) is 13.3. The normalized spacial score (nSPS) is 30.5. The Morgan fingerprint density at radius 2 is 2.12 bits per heavy atom. The molecule has 2 N–H and O–H groups in total. The minimum absolute atomic E-state index is 0.484. The molecule has 0 amide bonds. The number of hydrogen-bond donors (Lipinski definition) is 2. The minimum atomic E-state index is -0.484. The van der Waals surface area contributed by atoms with Crippen LogP contribution < -0.4 is 5.32 Å². The fourth-order valence-electron chi connectivity index (χ4n) is 3.02. The molecule has 0 spiro atoms. The second kappa shape index (κ2) is 6.14. The van der Waals surface area contributed by atoms with Crippen molar-refractivity contribution in [3.05, 3.63) is 0 Å². The van der Waals surface area contributed by atoms with Gasteiger partial charge in [0, 0.05) is 13.1 Å². The molecule has 1 unspecified atom stereocenters. The quantitative estimate of drug-likeness (QED) is 0.693. The van der Waals surface area contributed by atoms with Crippen LogP contribution in [-0.4, -0.2) is 73.4 Å². The lowest BCUT2D eigenvalue weighted by molar-refractivity contribution is 0.0276. The van der Waals surface area contributed by atoms with Crippen LogP contribution in [0.3, 0.4) is 0 Å². The highest BCUT2D eigenvalue weighted by Crippen LogP contribution is 2.15. The van der Waals surface area contributed by atoms with E-state index in [1.54, 1.807) is 0 Å². The second-order valence-corrected chi connectivity index (χ2v) is 5.79. The number of rotatable bonds is 6. The molecule has 2 saturated heterocycles. The summed E-state index contributed by atoms with van der Waals surface area (Å²) in [5.41, 5.74) is -0.484. The summed E-state index contributed by atoms with van der Waals surface area (Å²) in [4.78, 5) is 4.84. The molecule has 2 rings (SSSR count). The molecule has 100 valence electrons. The van der Waals surface area contributed by atoms with Gasteiger partial charge < -0.3 is 20.2 Å². The van der Waals surface area contributed by atoms with Gasteiger partial charge in [0.1, 0.15) is 0 Å². The highest BCUT2D eigenvalue weighted by Gasteiger charge is 2.31. The predicted octanol–water partition coefficient (Wildman–Crippen LogP) is 0.129. The van der Waals surface area contributed by atoms with E-state index in [1.165, 1.54) is 38.9 Å². The summed E-state index contributed by atoms with van der Waals surface area (Å²) in [5, 5.41) is 13.5. The summed E-state index contributed by atoms with van der Waals surface area (Å²) in [6, 6.07) is 0. The first-order valence-corrected chi connectivity index (χ1v) is 7.02. The maximum Gasteiger partial charge on any atom is 0.0909 e. The van der Waals surface area contributed by atoms with Gasteiger partial charge in [0.15, 0.2) is 0 Å². The summed E-state index contributed by atoms with van der Waals surface area (Å²) in [6.07, 6.45) is 4.87. The molecular formula is C13H27N3O. The average Bonchev–Trinajstić information content (AvgIpc) is 2.90. The summed E-state index contributed by atoms with van der Waals surface area (Å²) in [7, 11) is 2.13. The topological polar surface area (TPSA) is 38.7 Å². The van der Waals surface area contributed by atoms with E-state index in [-0.39, 0.29) is 0 Å². The van der Waals surface area contributed by atoms with Gasteiger partial charge in [0.25, 0.3) is 0 Å². The first-order chi connectivity index (χ1) is 8.18. The zero-order valence-electron chi connectivity index (χ0n) is 11.1. The van der Waals surface area contributed by atoms with E-state index >= 15 is 0 Å². The van der Waals surface area contributed by atoms with Gasteiger partial charge in [0.05, 0.1) is 5.60 Å². The number of likely N-dealkylation sites (tertiary alicyclic amines) is 1. The summed E-state index contributed by atoms with van der Waals surface area (Å²) in [6.45, 7) is 7.41. The lowest BCUT2D eigenvalue weighted by atomic mass is 10.0. The van der Waals surface area contributed by atoms with Gasteiger partial charge >= 0.3 is 0 Å². The van der Waals surface area contributed by atoms with Crippen LogP contribution in [0.4, 0.5) is 0 Å². The standard InChI is InChI=1S/C13H27N3O/c1-15(12-13(17)5-6-14-11-13)7-4-10-16-8-2-3-9-16/h14,17H,2-12H2,1H3. The molecule has 0 bridgehead atoms. The maximum absolute atomic E-state index is 10.3. The molecule has 17 heavy (non-hydrogen) atoms. The van der Waals surface area contributed by atoms with E-state index in [4.69, 9.17) is 0 Å². The average molecular weight is 241 g/mol. The Morgan fingerprint density at radius 1 is 1.35 bits per heavy atom. The molecule has 0 aromatic heterocycles. The highest BCUT2D eigenvalue weighted by molar-refractivity contribution is 4.89. The highest BCUT2D eigenvalue weighted by atomic mass is 16.3. The smallest absolute Gasteiger partial charge is 0.0909 e. The Bertz CT molecular complexity index is 223. The number of β-amino-alcohol motifs (C(OH)–C–C–N with tert-alkyl or cyclic N) is 1. The van der Waals surface area contributed by atoms with Crippen molar-refractivity contribution in [3.8, 4) is 0 Å². The molecule has 0 aliphatic carbocycles. The van der Waals surface area contributed by atoms with Gasteiger partial charge in [-0.25, -0.2) is 0 Å². The first-order valence-electron chi connectivity index (χ1n) is 7.02. The lowest BCUT2D eigenvalue weighted by Crippen LogP contribution is -2.43. The zero-order valence-corrected chi connectivity index (χ0v) is 11.1. The van der Waals surface area contributed by atoms with Crippen molar-refractivity contribution < 1.29 is 5.11 Å². The number of nitrogens with zero attached hydrogens (tertiary/aromatic N) is 2. The molecule has 2 aliphatic rings. The monoisotopic (exact) mass is 241 g/mol. The van der Waals surface area contributed by atoms with Crippen LogP contribution in [0.15, 0.2) is 0 Å². The van der Waals surface area contributed by atoms with Crippen LogP contribution in [0, 0.1) is 0 Å². The van der Waals surface area contributed by atoms with Crippen LogP contribution in [0.5, 0.6) is 0 Å². The van der Waals surface area contributed by atoms with Crippen molar-refractivity contribution in [2.24, 2.45) is 0 Å². The molecule has 2 heterocycles. The van der Waals surface area contributed by atoms with Crippen LogP contribution >= 0.6 is 0 Å². The Labute approximate surface area is 105 Å². The van der Waals surface area contributed by atoms with Gasteiger partial charge in [-0.05, 0) is 65.5 Å². The van der Waals surface area contributed by atoms with Crippen LogP contribution in [0.2, 0.25) is 0 Å². The van der Waals surface area contributed by atoms with Gasteiger partial charge in [-0.15, -0.1) is 0 Å². The van der Waals surface area contributed by atoms with Gasteiger partial charge in [-0.1, -0.05) is 0 Å². The van der Waals surface area contributed by atoms with Crippen molar-refractivity contribution in [3.63, 3.8) is 0 Å². The van der Waals surface area contributed by atoms with Gasteiger partial charge in [-0.3, -0.25) is 0 Å². The third kappa shape index (κ3) is 4.21. The van der Waals surface area contributed by atoms with Crippen molar-refractivity contribution in [2.45, 2.75) is 31.3 Å². The molecule has 0 aromatic carbocycles. The molecule has 4 nitrogen and oxygen atoms in total. The number of likely N-dealkylation sites (N-methyl/N-ethyl adjacent to an activating group) is 1. The van der Waals surface area contributed by atoms with E-state index in [9.17, 15) is 5.11 Å². The van der Waals surface area contributed by atoms with E-state index < -0.39 is 5.60 Å². The SMILES string of the molecule is CN(CCCN1CCCC1)CC1(O)CCNC1. The van der Waals surface area contributed by atoms with E-state index in [0.29, 0.717) is 0 Å². The van der Waals surface area contributed by atoms with Crippen LogP contribution in [0.25, 0.3) is 0 Å². The zero-order chi connectivity index (χ0) is 12.1. The van der Waals surface area contributed by atoms with Crippen molar-refractivity contribution in [2.75, 3.05) is 52.9 Å². The fraction of sp³-hybridized carbons (Fsp3) is 1.00. The van der Waals surface area contributed by atoms with Gasteiger partial charge in [-0.2, -0.15) is 0 Å². The van der Waals surface area contributed by atoms with Crippen molar-refractivity contribution >= 4 is 0 Å². The maximum atomic E-state index is 10.3. The molecule has 0 aromatic rings. The summed E-state index contributed by atoms with van der Waals surface area (Å²) < 4.78 is 0. The largest absolute Gasteiger partial charge is 0.387 e. The minimum Gasteiger partial charge on any atom is -0.387 e. The third-order valence-corrected chi connectivity index (χ3v) is 4.00. The number of aliphatic hydroxyl groups is 1. The van der Waals surface area contributed by atoms with Gasteiger partial charge in [0.2, 0.25) is 0 Å². The Balaban J connectivity index is 1.58. The second-order valence-electron chi connectivity index (χ2n) is 5.79. The Kier molecular flexibility index (Phi) is 4.79. The third-order valence-electron chi connectivity index (χ3n) is 4.00. The molecule has 0 radical (unpaired) electrons. The number of hydrogen-bond acceptors (Lipinski definition) is 4. The lowest BCUT2D eigenvalue weighted by Gasteiger charge is -2.28. The van der Waals surface area contributed by atoms with E-state index in [0.717, 1.165) is 32.6 Å². The summed E-state index contributed by atoms with van der Waals surface area (Å²) >= 11 is 0. The summed E-state index contributed by atoms with van der Waals surface area (Å²) in [5.74, 6) is 0. The van der Waals surface area contributed by atoms with Crippen LogP contribution in [-0.2, 0) is 0 Å². The molecule has 0 saturated carbocycles. The molecule has 2 fully saturated rings. The van der Waals surface area contributed by atoms with Crippen LogP contribution in [0.1, 0.15) is 25.7 Å². The Morgan fingerprint density at radius 3 is 2.76 bits per heavy atom. The van der Waals surface area contributed by atoms with E-state index in [1.807, 2.05) is 0 Å². The van der Waals surface area contributed by atoms with E-state index in [2.05, 4.69) is 22.2 Å². The molecule has 1 atom stereocenters. The fourth-order valence-corrected chi connectivity index (χ4v) is 3.02. The Hall–Kier alpha value is -0.160. The predicted molar refractivity (Wildman–Crippen MR) is 70.2 cm³/mol. The molecule has 4 heteroatoms. The molecule has 2 aliphatic heterocycles. The number of nitrogens with one attached hydrogen (secondary N) is 1. The molecular weight excluding hydrogens is 214 g/mol. The van der Waals surface area contributed by atoms with Crippen molar-refractivity contribution in [1.82, 2.24) is 15.1 Å².